The van der Waals surface area contributed by atoms with Crippen LogP contribution in [0.25, 0.3) is 87.4 Å². The molecule has 44 heavy (non-hydrogen) atoms. The van der Waals surface area contributed by atoms with Crippen molar-refractivity contribution in [2.75, 3.05) is 0 Å². The first kappa shape index (κ1) is 24.8. The molecule has 1 heterocycles. The first-order chi connectivity index (χ1) is 21.8. The van der Waals surface area contributed by atoms with Crippen molar-refractivity contribution < 1.29 is 0 Å². The molecule has 0 aliphatic heterocycles. The van der Waals surface area contributed by atoms with Crippen LogP contribution >= 0.6 is 0 Å². The quantitative estimate of drug-likeness (QED) is 0.155. The molecule has 1 aromatic heterocycles. The lowest BCUT2D eigenvalue weighted by molar-refractivity contribution is 1.33. The number of pyridine rings is 1. The zero-order valence-corrected chi connectivity index (χ0v) is 24.0. The molecule has 0 amide bonds. The van der Waals surface area contributed by atoms with Crippen LogP contribution in [0.3, 0.4) is 0 Å². The zero-order valence-electron chi connectivity index (χ0n) is 24.0. The van der Waals surface area contributed by atoms with Crippen LogP contribution in [0.2, 0.25) is 0 Å². The minimum Gasteiger partial charge on any atom is -0.256 e. The summed E-state index contributed by atoms with van der Waals surface area (Å²) in [6, 6.07) is 57.3. The first-order valence-electron chi connectivity index (χ1n) is 15.1. The van der Waals surface area contributed by atoms with Crippen LogP contribution in [0, 0.1) is 0 Å². The van der Waals surface area contributed by atoms with Crippen LogP contribution in [-0.2, 0) is 0 Å². The van der Waals surface area contributed by atoms with Crippen LogP contribution in [-0.4, -0.2) is 4.98 Å². The van der Waals surface area contributed by atoms with Crippen molar-refractivity contribution in [2.24, 2.45) is 0 Å². The normalized spacial score (nSPS) is 11.6. The molecular formula is C43H27N. The van der Waals surface area contributed by atoms with E-state index >= 15 is 0 Å². The Balaban J connectivity index is 1.36. The molecule has 0 bridgehead atoms. The van der Waals surface area contributed by atoms with Crippen molar-refractivity contribution in [2.45, 2.75) is 0 Å². The van der Waals surface area contributed by atoms with E-state index in [0.29, 0.717) is 0 Å². The maximum Gasteiger partial charge on any atom is 0.0702 e. The van der Waals surface area contributed by atoms with E-state index in [4.69, 9.17) is 0 Å². The Hall–Kier alpha value is -5.79. The Morgan fingerprint density at radius 3 is 1.25 bits per heavy atom. The minimum absolute atomic E-state index is 0.992. The van der Waals surface area contributed by atoms with Crippen LogP contribution in [0.5, 0.6) is 0 Å². The summed E-state index contributed by atoms with van der Waals surface area (Å²) >= 11 is 0. The fraction of sp³-hybridized carbons (Fsp3) is 0. The lowest BCUT2D eigenvalue weighted by Gasteiger charge is -2.18. The number of hydrogen-bond acceptors (Lipinski definition) is 1. The van der Waals surface area contributed by atoms with Gasteiger partial charge in [0.25, 0.3) is 0 Å². The third-order valence-electron chi connectivity index (χ3n) is 9.08. The van der Waals surface area contributed by atoms with Gasteiger partial charge in [-0.25, -0.2) is 0 Å². The molecule has 0 N–H and O–H groups in total. The number of hydrogen-bond donors (Lipinski definition) is 0. The van der Waals surface area contributed by atoms with E-state index < -0.39 is 0 Å². The number of nitrogens with zero attached hydrogens (tertiary/aromatic N) is 1. The topological polar surface area (TPSA) is 12.9 Å². The summed E-state index contributed by atoms with van der Waals surface area (Å²) in [5, 5.41) is 12.7. The number of rotatable bonds is 3. The second-order valence-electron chi connectivity index (χ2n) is 11.5. The third kappa shape index (κ3) is 3.76. The second kappa shape index (κ2) is 9.90. The van der Waals surface area contributed by atoms with Gasteiger partial charge in [-0.1, -0.05) is 133 Å². The van der Waals surface area contributed by atoms with E-state index in [9.17, 15) is 0 Å². The highest BCUT2D eigenvalue weighted by Gasteiger charge is 2.18. The molecule has 9 rings (SSSR count). The summed E-state index contributed by atoms with van der Waals surface area (Å²) in [5.41, 5.74) is 7.18. The van der Waals surface area contributed by atoms with Gasteiger partial charge in [0.1, 0.15) is 0 Å². The van der Waals surface area contributed by atoms with E-state index in [2.05, 4.69) is 151 Å². The minimum atomic E-state index is 0.992. The Labute approximate surface area is 255 Å². The molecule has 0 aliphatic rings. The predicted molar refractivity (Wildman–Crippen MR) is 188 cm³/mol. The Bertz CT molecular complexity index is 2450. The largest absolute Gasteiger partial charge is 0.256 e. The lowest BCUT2D eigenvalue weighted by atomic mass is 9.85. The van der Waals surface area contributed by atoms with Crippen molar-refractivity contribution in [3.05, 3.63) is 164 Å². The second-order valence-corrected chi connectivity index (χ2v) is 11.5. The van der Waals surface area contributed by atoms with Crippen LogP contribution in [0.15, 0.2) is 164 Å². The molecule has 0 aliphatic carbocycles. The molecule has 0 fully saturated rings. The third-order valence-corrected chi connectivity index (χ3v) is 9.08. The maximum atomic E-state index is 4.62. The van der Waals surface area contributed by atoms with Gasteiger partial charge in [-0.2, -0.15) is 0 Å². The molecule has 1 heteroatoms. The average molecular weight is 558 g/mol. The molecule has 8 aromatic carbocycles. The molecule has 1 nitrogen and oxygen atoms in total. The van der Waals surface area contributed by atoms with Gasteiger partial charge in [-0.05, 0) is 100 Å². The Morgan fingerprint density at radius 2 is 0.705 bits per heavy atom. The van der Waals surface area contributed by atoms with Crippen molar-refractivity contribution >= 4 is 53.9 Å². The van der Waals surface area contributed by atoms with Crippen molar-refractivity contribution in [1.82, 2.24) is 4.98 Å². The fourth-order valence-electron chi connectivity index (χ4n) is 7.16. The van der Waals surface area contributed by atoms with Crippen molar-refractivity contribution in [1.29, 1.82) is 0 Å². The summed E-state index contributed by atoms with van der Waals surface area (Å²) < 4.78 is 0. The van der Waals surface area contributed by atoms with E-state index in [0.717, 1.165) is 11.3 Å². The summed E-state index contributed by atoms with van der Waals surface area (Å²) in [4.78, 5) is 4.62. The Kier molecular flexibility index (Phi) is 5.57. The SMILES string of the molecule is c1ccc(-c2c3ccccc3c(-c3ccc4c5ccc(-c6ccccn6)cc5c5ccccc5c4c3)c3ccccc23)cc1. The van der Waals surface area contributed by atoms with Gasteiger partial charge in [0.05, 0.1) is 5.69 Å². The van der Waals surface area contributed by atoms with E-state index in [1.54, 1.807) is 0 Å². The van der Waals surface area contributed by atoms with Crippen LogP contribution in [0.4, 0.5) is 0 Å². The molecule has 0 saturated heterocycles. The molecule has 0 spiro atoms. The van der Waals surface area contributed by atoms with Crippen molar-refractivity contribution in [3.63, 3.8) is 0 Å². The highest BCUT2D eigenvalue weighted by molar-refractivity contribution is 6.27. The summed E-state index contributed by atoms with van der Waals surface area (Å²) in [6.07, 6.45) is 1.86. The molecule has 0 atom stereocenters. The van der Waals surface area contributed by atoms with Crippen LogP contribution < -0.4 is 0 Å². The Morgan fingerprint density at radius 1 is 0.273 bits per heavy atom. The van der Waals surface area contributed by atoms with Crippen molar-refractivity contribution in [3.8, 4) is 33.5 Å². The first-order valence-corrected chi connectivity index (χ1v) is 15.1. The highest BCUT2D eigenvalue weighted by Crippen LogP contribution is 2.45. The molecule has 0 saturated carbocycles. The molecule has 204 valence electrons. The smallest absolute Gasteiger partial charge is 0.0702 e. The van der Waals surface area contributed by atoms with Gasteiger partial charge in [-0.15, -0.1) is 0 Å². The number of aromatic nitrogens is 1. The van der Waals surface area contributed by atoms with E-state index in [-0.39, 0.29) is 0 Å². The van der Waals surface area contributed by atoms with E-state index in [1.807, 2.05) is 18.3 Å². The highest BCUT2D eigenvalue weighted by atomic mass is 14.7. The van der Waals surface area contributed by atoms with Crippen LogP contribution in [0.1, 0.15) is 0 Å². The molecule has 0 radical (unpaired) electrons. The maximum absolute atomic E-state index is 4.62. The standard InChI is InChI=1S/C43H27N/c1-2-12-28(13-3-1)42-35-16-6-8-18-37(35)43(38-19-9-7-17-36(38)42)30-22-24-34-33-23-21-29(41-20-10-11-25-44-41)26-39(33)31-14-4-5-15-32(31)40(34)27-30/h1-27H. The monoisotopic (exact) mass is 557 g/mol. The number of benzene rings is 8. The van der Waals surface area contributed by atoms with Gasteiger partial charge in [0.2, 0.25) is 0 Å². The molecule has 0 unspecified atom stereocenters. The van der Waals surface area contributed by atoms with Gasteiger partial charge < -0.3 is 0 Å². The fourth-order valence-corrected chi connectivity index (χ4v) is 7.16. The number of fused-ring (bicyclic) bond motifs is 8. The summed E-state index contributed by atoms with van der Waals surface area (Å²) in [5.74, 6) is 0. The summed E-state index contributed by atoms with van der Waals surface area (Å²) in [6.45, 7) is 0. The van der Waals surface area contributed by atoms with E-state index in [1.165, 1.54) is 76.1 Å². The summed E-state index contributed by atoms with van der Waals surface area (Å²) in [7, 11) is 0. The zero-order chi connectivity index (χ0) is 29.0. The molecule has 9 aromatic rings. The lowest BCUT2D eigenvalue weighted by Crippen LogP contribution is -1.91. The van der Waals surface area contributed by atoms with Gasteiger partial charge in [0.15, 0.2) is 0 Å². The van der Waals surface area contributed by atoms with Gasteiger partial charge in [0, 0.05) is 11.8 Å². The van der Waals surface area contributed by atoms with Gasteiger partial charge in [-0.3, -0.25) is 4.98 Å². The molecular weight excluding hydrogens is 530 g/mol. The van der Waals surface area contributed by atoms with Gasteiger partial charge >= 0.3 is 0 Å². The average Bonchev–Trinajstić information content (AvgIpc) is 3.11. The predicted octanol–water partition coefficient (Wildman–Crippen LogP) is 11.8.